The zero-order valence-electron chi connectivity index (χ0n) is 7.28. The summed E-state index contributed by atoms with van der Waals surface area (Å²) in [5.41, 5.74) is 0.814. The predicted octanol–water partition coefficient (Wildman–Crippen LogP) is 2.97. The molecule has 0 aliphatic heterocycles. The molecule has 1 rings (SSSR count). The minimum Gasteiger partial charge on any atom is -0.465 e. The Balaban J connectivity index is 3.28. The van der Waals surface area contributed by atoms with Gasteiger partial charge >= 0.3 is 5.97 Å². The summed E-state index contributed by atoms with van der Waals surface area (Å²) in [6.45, 7) is 0. The number of nitrogens with zero attached hydrogens (tertiary/aromatic N) is 1. The Bertz CT molecular complexity index is 413. The molecule has 0 aromatic heterocycles. The molecule has 3 nitrogen and oxygen atoms in total. The highest BCUT2D eigenvalue weighted by Crippen LogP contribution is 2.23. The molecule has 1 aromatic carbocycles. The first-order valence-electron chi connectivity index (χ1n) is 3.64. The Morgan fingerprint density at radius 2 is 2.36 bits per heavy atom. The number of carbonyl (C=O) groups is 1. The van der Waals surface area contributed by atoms with Gasteiger partial charge in [-0.3, -0.25) is 0 Å². The van der Waals surface area contributed by atoms with Crippen LogP contribution in [0.1, 0.15) is 10.4 Å². The van der Waals surface area contributed by atoms with Gasteiger partial charge in [-0.1, -0.05) is 15.9 Å². The molecular weight excluding hydrogens is 266 g/mol. The van der Waals surface area contributed by atoms with Crippen molar-refractivity contribution in [2.75, 3.05) is 7.11 Å². The summed E-state index contributed by atoms with van der Waals surface area (Å²) in [5, 5.41) is 2.21. The molecule has 0 fully saturated rings. The van der Waals surface area contributed by atoms with E-state index in [0.29, 0.717) is 11.3 Å². The first-order valence-corrected chi connectivity index (χ1v) is 4.85. The molecular formula is C9H6BrNO2S. The van der Waals surface area contributed by atoms with Crippen LogP contribution in [0.25, 0.3) is 0 Å². The zero-order valence-corrected chi connectivity index (χ0v) is 9.68. The van der Waals surface area contributed by atoms with E-state index in [1.54, 1.807) is 18.2 Å². The number of carbonyl (C=O) groups excluding carboxylic acids is 1. The van der Waals surface area contributed by atoms with E-state index in [9.17, 15) is 4.79 Å². The minimum atomic E-state index is -0.449. The molecule has 0 aliphatic rings. The fraction of sp³-hybridized carbons (Fsp3) is 0.111. The van der Waals surface area contributed by atoms with Crippen LogP contribution in [0.4, 0.5) is 5.69 Å². The molecule has 0 radical (unpaired) electrons. The lowest BCUT2D eigenvalue weighted by atomic mass is 10.2. The standard InChI is InChI=1S/C9H6BrNO2S/c1-13-9(12)7-4-6(10)2-3-8(7)11-5-14/h2-4H,1H3. The second kappa shape index (κ2) is 5.00. The van der Waals surface area contributed by atoms with Crippen LogP contribution in [0.3, 0.4) is 0 Å². The van der Waals surface area contributed by atoms with Gasteiger partial charge in [-0.05, 0) is 30.4 Å². The number of esters is 1. The van der Waals surface area contributed by atoms with Crippen LogP contribution in [-0.4, -0.2) is 18.2 Å². The van der Waals surface area contributed by atoms with Crippen LogP contribution in [0.15, 0.2) is 27.7 Å². The molecule has 0 atom stereocenters. The molecule has 0 unspecified atom stereocenters. The maximum atomic E-state index is 11.3. The van der Waals surface area contributed by atoms with Crippen LogP contribution in [-0.2, 0) is 4.74 Å². The number of ether oxygens (including phenoxy) is 1. The molecule has 0 amide bonds. The maximum Gasteiger partial charge on any atom is 0.340 e. The lowest BCUT2D eigenvalue weighted by molar-refractivity contribution is 0.0601. The van der Waals surface area contributed by atoms with Gasteiger partial charge < -0.3 is 4.74 Å². The lowest BCUT2D eigenvalue weighted by Crippen LogP contribution is -2.01. The summed E-state index contributed by atoms with van der Waals surface area (Å²) in [6.07, 6.45) is 0. The number of benzene rings is 1. The Morgan fingerprint density at radius 1 is 1.64 bits per heavy atom. The van der Waals surface area contributed by atoms with Crippen molar-refractivity contribution in [3.63, 3.8) is 0 Å². The largest absolute Gasteiger partial charge is 0.465 e. The average molecular weight is 272 g/mol. The Hall–Kier alpha value is -1.03. The van der Waals surface area contributed by atoms with Gasteiger partial charge in [0.2, 0.25) is 0 Å². The summed E-state index contributed by atoms with van der Waals surface area (Å²) in [6, 6.07) is 5.05. The van der Waals surface area contributed by atoms with Crippen molar-refractivity contribution in [3.05, 3.63) is 28.2 Å². The number of thiocarbonyl (C=S) groups is 1. The third-order valence-corrected chi connectivity index (χ3v) is 2.11. The summed E-state index contributed by atoms with van der Waals surface area (Å²) in [4.78, 5) is 15.1. The number of methoxy groups -OCH3 is 1. The van der Waals surface area contributed by atoms with Crippen molar-refractivity contribution in [2.24, 2.45) is 4.99 Å². The zero-order chi connectivity index (χ0) is 10.6. The van der Waals surface area contributed by atoms with Gasteiger partial charge in [0, 0.05) is 4.47 Å². The quantitative estimate of drug-likeness (QED) is 0.472. The Kier molecular flexibility index (Phi) is 3.95. The third-order valence-electron chi connectivity index (χ3n) is 1.53. The van der Waals surface area contributed by atoms with E-state index in [4.69, 9.17) is 0 Å². The van der Waals surface area contributed by atoms with Gasteiger partial charge in [-0.15, -0.1) is 0 Å². The highest BCUT2D eigenvalue weighted by atomic mass is 79.9. The van der Waals surface area contributed by atoms with Gasteiger partial charge in [-0.2, -0.15) is 4.99 Å². The number of halogens is 1. The first kappa shape index (κ1) is 11.0. The van der Waals surface area contributed by atoms with Gasteiger partial charge in [0.15, 0.2) is 0 Å². The molecule has 0 saturated heterocycles. The van der Waals surface area contributed by atoms with Crippen molar-refractivity contribution >= 4 is 45.0 Å². The summed E-state index contributed by atoms with van der Waals surface area (Å²) >= 11 is 7.72. The summed E-state index contributed by atoms with van der Waals surface area (Å²) in [5.74, 6) is -0.449. The summed E-state index contributed by atoms with van der Waals surface area (Å²) < 4.78 is 5.38. The molecule has 0 N–H and O–H groups in total. The Labute approximate surface area is 94.9 Å². The molecule has 0 bridgehead atoms. The minimum absolute atomic E-state index is 0.360. The number of aliphatic imine (C=N–C) groups is 1. The molecule has 0 heterocycles. The average Bonchev–Trinajstić information content (AvgIpc) is 2.20. The van der Waals surface area contributed by atoms with Crippen LogP contribution in [0.2, 0.25) is 0 Å². The molecule has 5 heteroatoms. The molecule has 14 heavy (non-hydrogen) atoms. The van der Waals surface area contributed by atoms with E-state index in [1.807, 2.05) is 0 Å². The van der Waals surface area contributed by atoms with Gasteiger partial charge in [0.25, 0.3) is 0 Å². The van der Waals surface area contributed by atoms with E-state index in [0.717, 1.165) is 4.47 Å². The van der Waals surface area contributed by atoms with Gasteiger partial charge in [0.1, 0.15) is 0 Å². The number of isothiocyanates is 1. The first-order chi connectivity index (χ1) is 6.69. The fourth-order valence-corrected chi connectivity index (χ4v) is 1.39. The summed E-state index contributed by atoms with van der Waals surface area (Å²) in [7, 11) is 1.31. The molecule has 0 aliphatic carbocycles. The molecule has 72 valence electrons. The number of hydrogen-bond donors (Lipinski definition) is 0. The third kappa shape index (κ3) is 2.48. The lowest BCUT2D eigenvalue weighted by Gasteiger charge is -2.02. The monoisotopic (exact) mass is 271 g/mol. The van der Waals surface area contributed by atoms with Crippen molar-refractivity contribution in [2.45, 2.75) is 0 Å². The topological polar surface area (TPSA) is 38.7 Å². The number of rotatable bonds is 2. The van der Waals surface area contributed by atoms with Crippen molar-refractivity contribution in [1.82, 2.24) is 0 Å². The number of hydrogen-bond acceptors (Lipinski definition) is 4. The molecule has 0 saturated carbocycles. The van der Waals surface area contributed by atoms with Gasteiger partial charge in [-0.25, -0.2) is 4.79 Å². The molecule has 0 spiro atoms. The highest BCUT2D eigenvalue weighted by Gasteiger charge is 2.11. The van der Waals surface area contributed by atoms with Crippen LogP contribution >= 0.6 is 28.1 Å². The van der Waals surface area contributed by atoms with Crippen molar-refractivity contribution in [3.8, 4) is 0 Å². The second-order valence-corrected chi connectivity index (χ2v) is 3.45. The Morgan fingerprint density at radius 3 is 2.93 bits per heavy atom. The predicted molar refractivity (Wildman–Crippen MR) is 60.2 cm³/mol. The van der Waals surface area contributed by atoms with E-state index in [2.05, 4.69) is 43.0 Å². The SMILES string of the molecule is COC(=O)c1cc(Br)ccc1N=C=S. The van der Waals surface area contributed by atoms with Crippen molar-refractivity contribution in [1.29, 1.82) is 0 Å². The van der Waals surface area contributed by atoms with E-state index in [-0.39, 0.29) is 0 Å². The smallest absolute Gasteiger partial charge is 0.340 e. The maximum absolute atomic E-state index is 11.3. The molecule has 1 aromatic rings. The van der Waals surface area contributed by atoms with Crippen LogP contribution < -0.4 is 0 Å². The second-order valence-electron chi connectivity index (χ2n) is 2.36. The van der Waals surface area contributed by atoms with Crippen LogP contribution in [0.5, 0.6) is 0 Å². The van der Waals surface area contributed by atoms with Crippen molar-refractivity contribution < 1.29 is 9.53 Å². The normalized spacial score (nSPS) is 9.00. The van der Waals surface area contributed by atoms with Gasteiger partial charge in [0.05, 0.1) is 23.5 Å². The fourth-order valence-electron chi connectivity index (χ4n) is 0.928. The highest BCUT2D eigenvalue weighted by molar-refractivity contribution is 9.10. The van der Waals surface area contributed by atoms with E-state index < -0.39 is 5.97 Å². The van der Waals surface area contributed by atoms with E-state index >= 15 is 0 Å². The van der Waals surface area contributed by atoms with E-state index in [1.165, 1.54) is 7.11 Å². The van der Waals surface area contributed by atoms with Crippen LogP contribution in [0, 0.1) is 0 Å².